The van der Waals surface area contributed by atoms with Gasteiger partial charge in [-0.05, 0) is 19.1 Å². The molecule has 0 aliphatic carbocycles. The molecule has 19 heavy (non-hydrogen) atoms. The summed E-state index contributed by atoms with van der Waals surface area (Å²) in [6.07, 6.45) is 0. The Balaban J connectivity index is 2.60. The Morgan fingerprint density at radius 3 is 2.21 bits per heavy atom. The monoisotopic (exact) mass is 280 g/mol. The Bertz CT molecular complexity index is 685. The van der Waals surface area contributed by atoms with Crippen LogP contribution >= 0.6 is 0 Å². The van der Waals surface area contributed by atoms with Gasteiger partial charge in [0.05, 0.1) is 4.90 Å². The van der Waals surface area contributed by atoms with Gasteiger partial charge in [0.25, 0.3) is 0 Å². The van der Waals surface area contributed by atoms with E-state index in [-0.39, 0.29) is 15.8 Å². The van der Waals surface area contributed by atoms with Gasteiger partial charge in [0, 0.05) is 21.0 Å². The van der Waals surface area contributed by atoms with E-state index in [2.05, 4.69) is 4.98 Å². The van der Waals surface area contributed by atoms with E-state index >= 15 is 0 Å². The van der Waals surface area contributed by atoms with Crippen molar-refractivity contribution in [3.63, 3.8) is 0 Å². The Morgan fingerprint density at radius 2 is 1.68 bits per heavy atom. The zero-order valence-electron chi connectivity index (χ0n) is 11.3. The van der Waals surface area contributed by atoms with Gasteiger partial charge >= 0.3 is 0 Å². The van der Waals surface area contributed by atoms with Crippen LogP contribution in [0.2, 0.25) is 0 Å². The van der Waals surface area contributed by atoms with Gasteiger partial charge in [-0.1, -0.05) is 17.7 Å². The molecule has 5 nitrogen and oxygen atoms in total. The predicted molar refractivity (Wildman–Crippen MR) is 72.2 cm³/mol. The number of sulfone groups is 1. The quantitative estimate of drug-likeness (QED) is 0.862. The Morgan fingerprint density at radius 1 is 1.11 bits per heavy atom. The maximum atomic E-state index is 12.5. The van der Waals surface area contributed by atoms with Gasteiger partial charge in [0.1, 0.15) is 0 Å². The van der Waals surface area contributed by atoms with Crippen LogP contribution in [0.5, 0.6) is 0 Å². The number of benzene rings is 1. The number of rotatable bonds is 3. The third-order valence-electron chi connectivity index (χ3n) is 2.68. The second-order valence-corrected chi connectivity index (χ2v) is 6.42. The zero-order chi connectivity index (χ0) is 14.2. The SMILES string of the molecule is Cc1ccc(S(=O)(=O)c2nc(C)oc2N(C)C)cc1. The molecule has 0 aliphatic rings. The number of hydrogen-bond acceptors (Lipinski definition) is 5. The Labute approximate surface area is 112 Å². The average molecular weight is 280 g/mol. The van der Waals surface area contributed by atoms with E-state index in [9.17, 15) is 8.42 Å². The molecule has 0 atom stereocenters. The van der Waals surface area contributed by atoms with E-state index in [0.29, 0.717) is 5.89 Å². The summed E-state index contributed by atoms with van der Waals surface area (Å²) in [5.74, 6) is 0.576. The maximum absolute atomic E-state index is 12.5. The average Bonchev–Trinajstić information content (AvgIpc) is 2.73. The van der Waals surface area contributed by atoms with Gasteiger partial charge in [-0.15, -0.1) is 0 Å². The van der Waals surface area contributed by atoms with Crippen molar-refractivity contribution in [1.29, 1.82) is 0 Å². The van der Waals surface area contributed by atoms with Crippen molar-refractivity contribution in [2.45, 2.75) is 23.8 Å². The molecule has 0 unspecified atom stereocenters. The van der Waals surface area contributed by atoms with E-state index in [1.165, 1.54) is 0 Å². The summed E-state index contributed by atoms with van der Waals surface area (Å²) in [7, 11) is -0.224. The molecular formula is C13H16N2O3S. The molecule has 2 rings (SSSR count). The lowest BCUT2D eigenvalue weighted by molar-refractivity contribution is 0.519. The maximum Gasteiger partial charge on any atom is 0.235 e. The number of hydrogen-bond donors (Lipinski definition) is 0. The van der Waals surface area contributed by atoms with Crippen LogP contribution in [-0.4, -0.2) is 27.5 Å². The first kappa shape index (κ1) is 13.6. The zero-order valence-corrected chi connectivity index (χ0v) is 12.2. The molecule has 0 saturated heterocycles. The summed E-state index contributed by atoms with van der Waals surface area (Å²) < 4.78 is 30.4. The van der Waals surface area contributed by atoms with Crippen LogP contribution in [0.3, 0.4) is 0 Å². The highest BCUT2D eigenvalue weighted by Gasteiger charge is 2.28. The van der Waals surface area contributed by atoms with Crippen molar-refractivity contribution in [2.24, 2.45) is 0 Å². The molecular weight excluding hydrogens is 264 g/mol. The number of aromatic nitrogens is 1. The fraction of sp³-hybridized carbons (Fsp3) is 0.308. The number of aryl methyl sites for hydroxylation is 2. The second kappa shape index (κ2) is 4.70. The van der Waals surface area contributed by atoms with Gasteiger partial charge in [0.15, 0.2) is 5.89 Å². The summed E-state index contributed by atoms with van der Waals surface area (Å²) in [6.45, 7) is 3.53. The summed E-state index contributed by atoms with van der Waals surface area (Å²) >= 11 is 0. The molecule has 1 heterocycles. The summed E-state index contributed by atoms with van der Waals surface area (Å²) in [6, 6.07) is 6.67. The van der Waals surface area contributed by atoms with Crippen LogP contribution in [-0.2, 0) is 9.84 Å². The first-order valence-corrected chi connectivity index (χ1v) is 7.27. The third-order valence-corrected chi connectivity index (χ3v) is 4.35. The first-order chi connectivity index (χ1) is 8.82. The smallest absolute Gasteiger partial charge is 0.235 e. The fourth-order valence-electron chi connectivity index (χ4n) is 1.68. The van der Waals surface area contributed by atoms with Gasteiger partial charge in [0.2, 0.25) is 20.7 Å². The molecule has 102 valence electrons. The molecule has 0 aliphatic heterocycles. The normalized spacial score (nSPS) is 11.6. The molecule has 0 spiro atoms. The Hall–Kier alpha value is -1.82. The van der Waals surface area contributed by atoms with Crippen LogP contribution in [0.4, 0.5) is 5.88 Å². The Kier molecular flexibility index (Phi) is 3.36. The predicted octanol–water partition coefficient (Wildman–Crippen LogP) is 2.19. The number of anilines is 1. The molecule has 0 N–H and O–H groups in total. The number of nitrogens with zero attached hydrogens (tertiary/aromatic N) is 2. The van der Waals surface area contributed by atoms with Crippen molar-refractivity contribution in [2.75, 3.05) is 19.0 Å². The summed E-state index contributed by atoms with van der Waals surface area (Å²) in [5, 5.41) is -0.0427. The van der Waals surface area contributed by atoms with Crippen molar-refractivity contribution in [3.05, 3.63) is 35.7 Å². The standard InChI is InChI=1S/C13H16N2O3S/c1-9-5-7-11(8-6-9)19(16,17)12-13(15(3)4)18-10(2)14-12/h5-8H,1-4H3. The van der Waals surface area contributed by atoms with Crippen LogP contribution in [0.1, 0.15) is 11.5 Å². The van der Waals surface area contributed by atoms with Crippen molar-refractivity contribution in [3.8, 4) is 0 Å². The lowest BCUT2D eigenvalue weighted by atomic mass is 10.2. The summed E-state index contributed by atoms with van der Waals surface area (Å²) in [5.41, 5.74) is 1.00. The molecule has 1 aromatic carbocycles. The lowest BCUT2D eigenvalue weighted by Crippen LogP contribution is -2.13. The molecule has 0 bridgehead atoms. The van der Waals surface area contributed by atoms with Crippen molar-refractivity contribution >= 4 is 15.7 Å². The van der Waals surface area contributed by atoms with Crippen LogP contribution < -0.4 is 4.90 Å². The van der Waals surface area contributed by atoms with Gasteiger partial charge < -0.3 is 9.32 Å². The minimum atomic E-state index is -3.66. The highest BCUT2D eigenvalue weighted by atomic mass is 32.2. The van der Waals surface area contributed by atoms with Crippen LogP contribution in [0, 0.1) is 13.8 Å². The first-order valence-electron chi connectivity index (χ1n) is 5.79. The second-order valence-electron chi connectivity index (χ2n) is 4.55. The highest BCUT2D eigenvalue weighted by molar-refractivity contribution is 7.91. The van der Waals surface area contributed by atoms with E-state index in [4.69, 9.17) is 4.42 Å². The van der Waals surface area contributed by atoms with Crippen molar-refractivity contribution in [1.82, 2.24) is 4.98 Å². The van der Waals surface area contributed by atoms with Gasteiger partial charge in [-0.25, -0.2) is 8.42 Å². The minimum Gasteiger partial charge on any atom is -0.424 e. The molecule has 2 aromatic rings. The highest BCUT2D eigenvalue weighted by Crippen LogP contribution is 2.29. The molecule has 6 heteroatoms. The van der Waals surface area contributed by atoms with Gasteiger partial charge in [-0.3, -0.25) is 0 Å². The molecule has 0 amide bonds. The van der Waals surface area contributed by atoms with Crippen molar-refractivity contribution < 1.29 is 12.8 Å². The fourth-order valence-corrected chi connectivity index (χ4v) is 3.10. The third kappa shape index (κ3) is 2.49. The molecule has 0 radical (unpaired) electrons. The minimum absolute atomic E-state index is 0.0427. The topological polar surface area (TPSA) is 63.4 Å². The largest absolute Gasteiger partial charge is 0.424 e. The van der Waals surface area contributed by atoms with E-state index in [1.807, 2.05) is 6.92 Å². The van der Waals surface area contributed by atoms with Crippen LogP contribution in [0.15, 0.2) is 38.6 Å². The van der Waals surface area contributed by atoms with E-state index < -0.39 is 9.84 Å². The van der Waals surface area contributed by atoms with Gasteiger partial charge in [-0.2, -0.15) is 4.98 Å². The molecule has 0 fully saturated rings. The number of oxazole rings is 1. The van der Waals surface area contributed by atoms with E-state index in [0.717, 1.165) is 5.56 Å². The van der Waals surface area contributed by atoms with Crippen LogP contribution in [0.25, 0.3) is 0 Å². The molecule has 0 saturated carbocycles. The lowest BCUT2D eigenvalue weighted by Gasteiger charge is -2.10. The summed E-state index contributed by atoms with van der Waals surface area (Å²) in [4.78, 5) is 5.82. The molecule has 1 aromatic heterocycles. The van der Waals surface area contributed by atoms with E-state index in [1.54, 1.807) is 50.2 Å².